The molecule has 2 nitrogen and oxygen atoms in total. The molecule has 1 unspecified atom stereocenters. The van der Waals surface area contributed by atoms with Crippen LogP contribution in [-0.2, 0) is 19.5 Å². The van der Waals surface area contributed by atoms with Crippen molar-refractivity contribution in [1.82, 2.24) is 5.32 Å². The first-order valence-electron chi connectivity index (χ1n) is 7.35. The van der Waals surface area contributed by atoms with Crippen LogP contribution in [0.25, 0.3) is 0 Å². The van der Waals surface area contributed by atoms with Gasteiger partial charge >= 0.3 is 0 Å². The molecule has 0 saturated heterocycles. The number of fused-ring (bicyclic) bond motifs is 1. The normalized spacial score (nSPS) is 17.3. The molecule has 20 heavy (non-hydrogen) atoms. The summed E-state index contributed by atoms with van der Waals surface area (Å²) in [6, 6.07) is 18.1. The lowest BCUT2D eigenvalue weighted by Gasteiger charge is -2.26. The van der Waals surface area contributed by atoms with Gasteiger partial charge in [-0.2, -0.15) is 0 Å². The third-order valence-electron chi connectivity index (χ3n) is 4.17. The van der Waals surface area contributed by atoms with E-state index in [1.807, 2.05) is 7.05 Å². The van der Waals surface area contributed by atoms with E-state index in [9.17, 15) is 0 Å². The van der Waals surface area contributed by atoms with Crippen LogP contribution in [0.5, 0.6) is 0 Å². The molecule has 0 bridgehead atoms. The topological polar surface area (TPSA) is 15.3 Å². The van der Waals surface area contributed by atoms with Crippen molar-refractivity contribution >= 4 is 5.69 Å². The number of nitrogens with zero attached hydrogens (tertiary/aromatic N) is 1. The number of benzene rings is 2. The summed E-state index contributed by atoms with van der Waals surface area (Å²) in [4.78, 5) is 2.53. The molecule has 0 amide bonds. The van der Waals surface area contributed by atoms with E-state index >= 15 is 0 Å². The standard InChI is InChI=1S/C18H22N2/c1-14-11-15-7-5-6-10-18(15)20(14)13-17-9-4-3-8-16(17)12-19-2/h3-10,14,19H,11-13H2,1-2H3. The minimum Gasteiger partial charge on any atom is -0.364 e. The molecule has 2 heteroatoms. The van der Waals surface area contributed by atoms with Crippen LogP contribution in [0.15, 0.2) is 48.5 Å². The Morgan fingerprint density at radius 2 is 1.75 bits per heavy atom. The molecule has 0 saturated carbocycles. The zero-order chi connectivity index (χ0) is 13.9. The molecule has 0 radical (unpaired) electrons. The number of hydrogen-bond donors (Lipinski definition) is 1. The molecule has 2 aromatic carbocycles. The highest BCUT2D eigenvalue weighted by molar-refractivity contribution is 5.59. The van der Waals surface area contributed by atoms with Gasteiger partial charge in [-0.1, -0.05) is 42.5 Å². The summed E-state index contributed by atoms with van der Waals surface area (Å²) in [5, 5.41) is 3.26. The fourth-order valence-electron chi connectivity index (χ4n) is 3.13. The van der Waals surface area contributed by atoms with Crippen molar-refractivity contribution < 1.29 is 0 Å². The third-order valence-corrected chi connectivity index (χ3v) is 4.17. The Hall–Kier alpha value is -1.80. The number of hydrogen-bond acceptors (Lipinski definition) is 2. The number of anilines is 1. The van der Waals surface area contributed by atoms with Gasteiger partial charge in [-0.3, -0.25) is 0 Å². The second-order valence-corrected chi connectivity index (χ2v) is 5.61. The van der Waals surface area contributed by atoms with Gasteiger partial charge in [0.15, 0.2) is 0 Å². The third kappa shape index (κ3) is 2.44. The lowest BCUT2D eigenvalue weighted by molar-refractivity contribution is 0.666. The highest BCUT2D eigenvalue weighted by Crippen LogP contribution is 2.33. The van der Waals surface area contributed by atoms with Gasteiger partial charge in [0.1, 0.15) is 0 Å². The Morgan fingerprint density at radius 1 is 1.05 bits per heavy atom. The molecule has 1 heterocycles. The summed E-state index contributed by atoms with van der Waals surface area (Å²) < 4.78 is 0. The zero-order valence-corrected chi connectivity index (χ0v) is 12.3. The van der Waals surface area contributed by atoms with Gasteiger partial charge in [-0.15, -0.1) is 0 Å². The largest absolute Gasteiger partial charge is 0.364 e. The van der Waals surface area contributed by atoms with Crippen molar-refractivity contribution in [2.75, 3.05) is 11.9 Å². The summed E-state index contributed by atoms with van der Waals surface area (Å²) in [5.74, 6) is 0. The second-order valence-electron chi connectivity index (χ2n) is 5.61. The molecule has 1 N–H and O–H groups in total. The highest BCUT2D eigenvalue weighted by Gasteiger charge is 2.25. The van der Waals surface area contributed by atoms with Gasteiger partial charge in [0.25, 0.3) is 0 Å². The maximum atomic E-state index is 3.26. The Balaban J connectivity index is 1.88. The summed E-state index contributed by atoms with van der Waals surface area (Å²) in [5.41, 5.74) is 5.70. The predicted octanol–water partition coefficient (Wildman–Crippen LogP) is 3.36. The average molecular weight is 266 g/mol. The molecule has 1 aliphatic rings. The van der Waals surface area contributed by atoms with E-state index in [2.05, 4.69) is 65.7 Å². The molecule has 104 valence electrons. The molecule has 0 aliphatic carbocycles. The van der Waals surface area contributed by atoms with Gasteiger partial charge in [0, 0.05) is 24.8 Å². The molecule has 0 aromatic heterocycles. The van der Waals surface area contributed by atoms with E-state index < -0.39 is 0 Å². The summed E-state index contributed by atoms with van der Waals surface area (Å²) in [6.07, 6.45) is 1.16. The number of nitrogens with one attached hydrogen (secondary N) is 1. The fraction of sp³-hybridized carbons (Fsp3) is 0.333. The van der Waals surface area contributed by atoms with E-state index in [4.69, 9.17) is 0 Å². The Morgan fingerprint density at radius 3 is 2.55 bits per heavy atom. The molecule has 2 aromatic rings. The van der Waals surface area contributed by atoms with Gasteiger partial charge in [-0.25, -0.2) is 0 Å². The SMILES string of the molecule is CNCc1ccccc1CN1c2ccccc2CC1C. The molecule has 0 fully saturated rings. The molecule has 1 aliphatic heterocycles. The van der Waals surface area contributed by atoms with E-state index in [0.29, 0.717) is 6.04 Å². The Labute approximate surface area is 121 Å². The second kappa shape index (κ2) is 5.68. The van der Waals surface area contributed by atoms with Gasteiger partial charge in [0.2, 0.25) is 0 Å². The van der Waals surface area contributed by atoms with Crippen LogP contribution in [0, 0.1) is 0 Å². The van der Waals surface area contributed by atoms with Crippen LogP contribution in [-0.4, -0.2) is 13.1 Å². The number of rotatable bonds is 4. The molecular formula is C18H22N2. The van der Waals surface area contributed by atoms with Crippen LogP contribution in [0.2, 0.25) is 0 Å². The monoisotopic (exact) mass is 266 g/mol. The summed E-state index contributed by atoms with van der Waals surface area (Å²) in [6.45, 7) is 4.25. The minimum atomic E-state index is 0.579. The number of para-hydroxylation sites is 1. The van der Waals surface area contributed by atoms with Crippen LogP contribution in [0.1, 0.15) is 23.6 Å². The smallest absolute Gasteiger partial charge is 0.0435 e. The first-order chi connectivity index (χ1) is 9.79. The van der Waals surface area contributed by atoms with E-state index in [1.165, 1.54) is 22.4 Å². The molecule has 0 spiro atoms. The van der Waals surface area contributed by atoms with E-state index in [-0.39, 0.29) is 0 Å². The predicted molar refractivity (Wildman–Crippen MR) is 85.0 cm³/mol. The fourth-order valence-corrected chi connectivity index (χ4v) is 3.13. The maximum absolute atomic E-state index is 3.26. The Kier molecular flexibility index (Phi) is 3.75. The van der Waals surface area contributed by atoms with Crippen LogP contribution in [0.3, 0.4) is 0 Å². The van der Waals surface area contributed by atoms with Crippen molar-refractivity contribution in [3.63, 3.8) is 0 Å². The van der Waals surface area contributed by atoms with E-state index in [0.717, 1.165) is 19.5 Å². The van der Waals surface area contributed by atoms with Crippen molar-refractivity contribution in [3.8, 4) is 0 Å². The highest BCUT2D eigenvalue weighted by atomic mass is 15.2. The summed E-state index contributed by atoms with van der Waals surface area (Å²) >= 11 is 0. The first kappa shape index (κ1) is 13.2. The van der Waals surface area contributed by atoms with Crippen LogP contribution >= 0.6 is 0 Å². The lowest BCUT2D eigenvalue weighted by Crippen LogP contribution is -2.29. The first-order valence-corrected chi connectivity index (χ1v) is 7.35. The van der Waals surface area contributed by atoms with Crippen molar-refractivity contribution in [2.24, 2.45) is 0 Å². The zero-order valence-electron chi connectivity index (χ0n) is 12.3. The lowest BCUT2D eigenvalue weighted by atomic mass is 10.1. The van der Waals surface area contributed by atoms with Crippen molar-refractivity contribution in [2.45, 2.75) is 32.5 Å². The van der Waals surface area contributed by atoms with Crippen molar-refractivity contribution in [3.05, 3.63) is 65.2 Å². The maximum Gasteiger partial charge on any atom is 0.0435 e. The quantitative estimate of drug-likeness (QED) is 0.913. The Bertz CT molecular complexity index is 591. The minimum absolute atomic E-state index is 0.579. The molecular weight excluding hydrogens is 244 g/mol. The van der Waals surface area contributed by atoms with Gasteiger partial charge in [0.05, 0.1) is 0 Å². The van der Waals surface area contributed by atoms with E-state index in [1.54, 1.807) is 0 Å². The molecule has 1 atom stereocenters. The average Bonchev–Trinajstić information content (AvgIpc) is 2.78. The van der Waals surface area contributed by atoms with Crippen LogP contribution in [0.4, 0.5) is 5.69 Å². The van der Waals surface area contributed by atoms with Crippen molar-refractivity contribution in [1.29, 1.82) is 0 Å². The van der Waals surface area contributed by atoms with Crippen LogP contribution < -0.4 is 10.2 Å². The van der Waals surface area contributed by atoms with Gasteiger partial charge < -0.3 is 10.2 Å². The summed E-state index contributed by atoms with van der Waals surface area (Å²) in [7, 11) is 2.00. The van der Waals surface area contributed by atoms with Gasteiger partial charge in [-0.05, 0) is 43.1 Å². The molecule has 3 rings (SSSR count).